The Balaban J connectivity index is 1.43. The third-order valence-electron chi connectivity index (χ3n) is 7.02. The number of carbonyl (C=O) groups is 2. The number of amides is 3. The Morgan fingerprint density at radius 2 is 1.82 bits per heavy atom. The highest BCUT2D eigenvalue weighted by molar-refractivity contribution is 6.01. The summed E-state index contributed by atoms with van der Waals surface area (Å²) >= 11 is 0. The fourth-order valence-electron chi connectivity index (χ4n) is 5.30. The molecular formula is C28H31N3O3. The molecule has 1 N–H and O–H groups in total. The first kappa shape index (κ1) is 22.3. The topological polar surface area (TPSA) is 61.9 Å². The van der Waals surface area contributed by atoms with Crippen LogP contribution < -0.4 is 10.1 Å². The Bertz CT molecular complexity index is 1100. The van der Waals surface area contributed by atoms with Gasteiger partial charge in [-0.2, -0.15) is 0 Å². The molecule has 0 radical (unpaired) electrons. The number of hydrogen-bond donors (Lipinski definition) is 1. The van der Waals surface area contributed by atoms with E-state index >= 15 is 0 Å². The number of hydrogen-bond acceptors (Lipinski definition) is 3. The molecule has 3 aliphatic rings. The minimum atomic E-state index is -0.495. The van der Waals surface area contributed by atoms with E-state index < -0.39 is 6.04 Å². The first-order valence-electron chi connectivity index (χ1n) is 12.2. The van der Waals surface area contributed by atoms with Crippen LogP contribution in [0.4, 0.5) is 4.79 Å². The second-order valence-corrected chi connectivity index (χ2v) is 9.21. The number of benzene rings is 2. The van der Waals surface area contributed by atoms with Gasteiger partial charge in [-0.15, -0.1) is 6.58 Å². The van der Waals surface area contributed by atoms with Gasteiger partial charge in [-0.3, -0.25) is 9.69 Å². The normalized spacial score (nSPS) is 20.9. The van der Waals surface area contributed by atoms with Crippen LogP contribution in [0.15, 0.2) is 78.5 Å². The van der Waals surface area contributed by atoms with Crippen LogP contribution in [0, 0.1) is 0 Å². The summed E-state index contributed by atoms with van der Waals surface area (Å²) in [6.07, 6.45) is 7.29. The fraction of sp³-hybridized carbons (Fsp3) is 0.357. The maximum atomic E-state index is 13.7. The van der Waals surface area contributed by atoms with Gasteiger partial charge in [0.2, 0.25) is 0 Å². The maximum Gasteiger partial charge on any atom is 0.322 e. The molecule has 0 spiro atoms. The van der Waals surface area contributed by atoms with E-state index in [1.165, 1.54) is 6.42 Å². The largest absolute Gasteiger partial charge is 0.489 e. The quantitative estimate of drug-likeness (QED) is 0.599. The first-order chi connectivity index (χ1) is 16.7. The lowest BCUT2D eigenvalue weighted by atomic mass is 9.93. The van der Waals surface area contributed by atoms with Crippen molar-refractivity contribution in [2.24, 2.45) is 0 Å². The van der Waals surface area contributed by atoms with Crippen molar-refractivity contribution in [1.82, 2.24) is 15.1 Å². The number of ether oxygens (including phenoxy) is 1. The molecule has 0 aromatic heterocycles. The van der Waals surface area contributed by atoms with Crippen molar-refractivity contribution in [2.45, 2.75) is 50.8 Å². The molecule has 2 aliphatic heterocycles. The lowest BCUT2D eigenvalue weighted by Crippen LogP contribution is -2.47. The SMILES string of the molecule is C=CCN1C(=O)NC(c2cccc(OCc3ccccc3)c2)C2=C1CN(C1CCCCC1)C2=O. The zero-order valence-corrected chi connectivity index (χ0v) is 19.4. The van der Waals surface area contributed by atoms with Gasteiger partial charge in [0, 0.05) is 12.6 Å². The third kappa shape index (κ3) is 4.32. The zero-order chi connectivity index (χ0) is 23.5. The molecule has 0 saturated heterocycles. The van der Waals surface area contributed by atoms with Crippen LogP contribution in [0.1, 0.15) is 49.3 Å². The predicted molar refractivity (Wildman–Crippen MR) is 131 cm³/mol. The number of carbonyl (C=O) groups excluding carboxylic acids is 2. The summed E-state index contributed by atoms with van der Waals surface area (Å²) in [6.45, 7) is 5.13. The van der Waals surface area contributed by atoms with E-state index in [2.05, 4.69) is 11.9 Å². The lowest BCUT2D eigenvalue weighted by Gasteiger charge is -2.33. The van der Waals surface area contributed by atoms with Gasteiger partial charge in [0.05, 0.1) is 23.9 Å². The monoisotopic (exact) mass is 457 g/mol. The Kier molecular flexibility index (Phi) is 6.39. The Morgan fingerprint density at radius 1 is 1.03 bits per heavy atom. The van der Waals surface area contributed by atoms with Gasteiger partial charge in [-0.25, -0.2) is 4.79 Å². The van der Waals surface area contributed by atoms with Gasteiger partial charge in [-0.1, -0.05) is 67.8 Å². The van der Waals surface area contributed by atoms with E-state index in [0.717, 1.165) is 42.5 Å². The van der Waals surface area contributed by atoms with Crippen LogP contribution in [0.3, 0.4) is 0 Å². The summed E-state index contributed by atoms with van der Waals surface area (Å²) in [5.74, 6) is 0.748. The van der Waals surface area contributed by atoms with Crippen LogP contribution in [0.5, 0.6) is 5.75 Å². The second kappa shape index (κ2) is 9.75. The van der Waals surface area contributed by atoms with Gasteiger partial charge < -0.3 is 15.0 Å². The molecular weight excluding hydrogens is 426 g/mol. The van der Waals surface area contributed by atoms with Crippen LogP contribution in [0.2, 0.25) is 0 Å². The average Bonchev–Trinajstić information content (AvgIpc) is 3.22. The van der Waals surface area contributed by atoms with Crippen LogP contribution in [0.25, 0.3) is 0 Å². The Morgan fingerprint density at radius 3 is 2.59 bits per heavy atom. The van der Waals surface area contributed by atoms with E-state index in [4.69, 9.17) is 4.74 Å². The third-order valence-corrected chi connectivity index (χ3v) is 7.02. The van der Waals surface area contributed by atoms with E-state index in [1.807, 2.05) is 59.5 Å². The maximum absolute atomic E-state index is 13.7. The highest BCUT2D eigenvalue weighted by Crippen LogP contribution is 2.39. The van der Waals surface area contributed by atoms with Crippen molar-refractivity contribution in [3.8, 4) is 5.75 Å². The van der Waals surface area contributed by atoms with E-state index in [9.17, 15) is 9.59 Å². The number of rotatable bonds is 7. The Labute approximate surface area is 200 Å². The van der Waals surface area contributed by atoms with Crippen molar-refractivity contribution in [3.63, 3.8) is 0 Å². The summed E-state index contributed by atoms with van der Waals surface area (Å²) in [6, 6.07) is 17.2. The van der Waals surface area contributed by atoms with Crippen LogP contribution in [-0.4, -0.2) is 40.9 Å². The van der Waals surface area contributed by atoms with Gasteiger partial charge in [0.1, 0.15) is 12.4 Å². The molecule has 0 bridgehead atoms. The van der Waals surface area contributed by atoms with E-state index in [1.54, 1.807) is 11.0 Å². The number of nitrogens with zero attached hydrogens (tertiary/aromatic N) is 2. The summed E-state index contributed by atoms with van der Waals surface area (Å²) in [4.78, 5) is 30.4. The standard InChI is InChI=1S/C28H31N3O3/c1-2-16-30-24-18-31(22-13-7-4-8-14-22)27(32)25(24)26(29-28(30)33)21-12-9-15-23(17-21)34-19-20-10-5-3-6-11-20/h2-3,5-6,9-12,15,17,22,26H,1,4,7-8,13-14,16,18-19H2,(H,29,33). The predicted octanol–water partition coefficient (Wildman–Crippen LogP) is 4.95. The molecule has 1 unspecified atom stereocenters. The smallest absolute Gasteiger partial charge is 0.322 e. The lowest BCUT2D eigenvalue weighted by molar-refractivity contribution is -0.128. The average molecular weight is 458 g/mol. The molecule has 3 amide bonds. The number of urea groups is 1. The van der Waals surface area contributed by atoms with Gasteiger partial charge >= 0.3 is 6.03 Å². The fourth-order valence-corrected chi connectivity index (χ4v) is 5.30. The molecule has 176 valence electrons. The van der Waals surface area contributed by atoms with Crippen molar-refractivity contribution < 1.29 is 14.3 Å². The minimum Gasteiger partial charge on any atom is -0.489 e. The molecule has 2 aromatic carbocycles. The molecule has 6 nitrogen and oxygen atoms in total. The van der Waals surface area contributed by atoms with Gasteiger partial charge in [0.15, 0.2) is 0 Å². The Hall–Kier alpha value is -3.54. The van der Waals surface area contributed by atoms with Crippen molar-refractivity contribution >= 4 is 11.9 Å². The van der Waals surface area contributed by atoms with E-state index in [0.29, 0.717) is 31.0 Å². The molecule has 6 heteroatoms. The minimum absolute atomic E-state index is 0.0385. The summed E-state index contributed by atoms with van der Waals surface area (Å²) in [5.41, 5.74) is 3.41. The van der Waals surface area contributed by atoms with Crippen molar-refractivity contribution in [1.29, 1.82) is 0 Å². The number of nitrogens with one attached hydrogen (secondary N) is 1. The highest BCUT2D eigenvalue weighted by Gasteiger charge is 2.45. The molecule has 5 rings (SSSR count). The van der Waals surface area contributed by atoms with Crippen molar-refractivity contribution in [2.75, 3.05) is 13.1 Å². The molecule has 34 heavy (non-hydrogen) atoms. The highest BCUT2D eigenvalue weighted by atomic mass is 16.5. The first-order valence-corrected chi connectivity index (χ1v) is 12.2. The zero-order valence-electron chi connectivity index (χ0n) is 19.4. The molecule has 1 saturated carbocycles. The van der Waals surface area contributed by atoms with Crippen LogP contribution in [-0.2, 0) is 11.4 Å². The van der Waals surface area contributed by atoms with Crippen molar-refractivity contribution in [3.05, 3.63) is 89.6 Å². The molecule has 2 aromatic rings. The summed E-state index contributed by atoms with van der Waals surface area (Å²) in [7, 11) is 0. The second-order valence-electron chi connectivity index (χ2n) is 9.21. The molecule has 2 heterocycles. The summed E-state index contributed by atoms with van der Waals surface area (Å²) in [5, 5.41) is 3.07. The van der Waals surface area contributed by atoms with E-state index in [-0.39, 0.29) is 18.0 Å². The molecule has 1 aliphatic carbocycles. The molecule has 1 fully saturated rings. The van der Waals surface area contributed by atoms with Gasteiger partial charge in [0.25, 0.3) is 5.91 Å². The van der Waals surface area contributed by atoms with Crippen LogP contribution >= 0.6 is 0 Å². The van der Waals surface area contributed by atoms with Gasteiger partial charge in [-0.05, 0) is 36.1 Å². The summed E-state index contributed by atoms with van der Waals surface area (Å²) < 4.78 is 6.02. The molecule has 1 atom stereocenters.